The number of aliphatic hydroxyl groups excluding tert-OH is 1. The van der Waals surface area contributed by atoms with Gasteiger partial charge in [-0.3, -0.25) is 0 Å². The third-order valence-corrected chi connectivity index (χ3v) is 4.87. The molecule has 7 nitrogen and oxygen atoms in total. The fraction of sp³-hybridized carbons (Fsp3) is 0.450. The van der Waals surface area contributed by atoms with E-state index in [4.69, 9.17) is 11.6 Å². The summed E-state index contributed by atoms with van der Waals surface area (Å²) < 4.78 is 2.03. The highest BCUT2D eigenvalue weighted by molar-refractivity contribution is 6.30. The van der Waals surface area contributed by atoms with Crippen molar-refractivity contribution >= 4 is 34.5 Å². The fourth-order valence-corrected chi connectivity index (χ4v) is 3.04. The molecule has 8 heteroatoms. The average molecular weight is 403 g/mol. The number of halogens is 1. The molecule has 0 amide bonds. The van der Waals surface area contributed by atoms with Crippen molar-refractivity contribution in [3.63, 3.8) is 0 Å². The molecule has 3 rings (SSSR count). The third kappa shape index (κ3) is 4.72. The first-order valence-electron chi connectivity index (χ1n) is 9.60. The molecule has 0 aliphatic rings. The lowest BCUT2D eigenvalue weighted by atomic mass is 10.1. The van der Waals surface area contributed by atoms with Gasteiger partial charge in [0.05, 0.1) is 19.0 Å². The molecule has 0 aliphatic carbocycles. The Labute approximate surface area is 170 Å². The summed E-state index contributed by atoms with van der Waals surface area (Å²) in [6.07, 6.45) is 2.78. The standard InChI is InChI=1S/C20H27ClN6O/c1-4-9-27-12-23-17-18(22-10-14-5-7-15(21)8-6-14)25-20(26-19(17)27)24-16(11-28)13(2)3/h5-8,12-13,16,28H,4,9-11H2,1-3H3,(H2,22,24,25,26). The summed E-state index contributed by atoms with van der Waals surface area (Å²) >= 11 is 5.97. The molecule has 1 atom stereocenters. The highest BCUT2D eigenvalue weighted by atomic mass is 35.5. The molecule has 0 bridgehead atoms. The normalized spacial score (nSPS) is 12.5. The molecule has 0 spiro atoms. The molecule has 0 fully saturated rings. The van der Waals surface area contributed by atoms with E-state index in [0.717, 1.165) is 29.7 Å². The van der Waals surface area contributed by atoms with E-state index < -0.39 is 0 Å². The maximum Gasteiger partial charge on any atom is 0.227 e. The molecule has 2 heterocycles. The minimum atomic E-state index is -0.121. The van der Waals surface area contributed by atoms with Gasteiger partial charge in [-0.2, -0.15) is 9.97 Å². The van der Waals surface area contributed by atoms with E-state index >= 15 is 0 Å². The van der Waals surface area contributed by atoms with Gasteiger partial charge in [-0.25, -0.2) is 4.98 Å². The molecule has 1 unspecified atom stereocenters. The van der Waals surface area contributed by atoms with Crippen LogP contribution in [-0.4, -0.2) is 37.3 Å². The van der Waals surface area contributed by atoms with Crippen molar-refractivity contribution in [1.29, 1.82) is 0 Å². The summed E-state index contributed by atoms with van der Waals surface area (Å²) in [4.78, 5) is 13.8. The van der Waals surface area contributed by atoms with Crippen molar-refractivity contribution in [2.75, 3.05) is 17.2 Å². The first-order chi connectivity index (χ1) is 13.5. The Balaban J connectivity index is 1.92. The number of benzene rings is 1. The molecule has 1 aromatic carbocycles. The molecule has 3 N–H and O–H groups in total. The summed E-state index contributed by atoms with van der Waals surface area (Å²) in [7, 11) is 0. The van der Waals surface area contributed by atoms with Crippen LogP contribution in [0.3, 0.4) is 0 Å². The van der Waals surface area contributed by atoms with Crippen molar-refractivity contribution in [3.05, 3.63) is 41.2 Å². The van der Waals surface area contributed by atoms with Crippen LogP contribution in [0.1, 0.15) is 32.8 Å². The molecule has 28 heavy (non-hydrogen) atoms. The van der Waals surface area contributed by atoms with Crippen LogP contribution in [0.25, 0.3) is 11.2 Å². The predicted octanol–water partition coefficient (Wildman–Crippen LogP) is 3.93. The second-order valence-electron chi connectivity index (χ2n) is 7.16. The zero-order valence-electron chi connectivity index (χ0n) is 16.5. The smallest absolute Gasteiger partial charge is 0.227 e. The molecule has 0 aliphatic heterocycles. The van der Waals surface area contributed by atoms with E-state index in [1.54, 1.807) is 6.33 Å². The maximum absolute atomic E-state index is 9.65. The van der Waals surface area contributed by atoms with Crippen LogP contribution in [0.15, 0.2) is 30.6 Å². The number of imidazole rings is 1. The van der Waals surface area contributed by atoms with Crippen molar-refractivity contribution in [3.8, 4) is 0 Å². The molecule has 150 valence electrons. The predicted molar refractivity (Wildman–Crippen MR) is 114 cm³/mol. The number of aryl methyl sites for hydroxylation is 1. The van der Waals surface area contributed by atoms with Crippen LogP contribution in [-0.2, 0) is 13.1 Å². The largest absolute Gasteiger partial charge is 0.394 e. The zero-order valence-corrected chi connectivity index (χ0v) is 17.2. The maximum atomic E-state index is 9.65. The SMILES string of the molecule is CCCn1cnc2c(NCc3ccc(Cl)cc3)nc(NC(CO)C(C)C)nc21. The molecule has 2 aromatic heterocycles. The quantitative estimate of drug-likeness (QED) is 0.502. The minimum absolute atomic E-state index is 0.0147. The van der Waals surface area contributed by atoms with Crippen molar-refractivity contribution in [2.24, 2.45) is 5.92 Å². The van der Waals surface area contributed by atoms with Gasteiger partial charge in [0.25, 0.3) is 0 Å². The van der Waals surface area contributed by atoms with Crippen LogP contribution in [0.5, 0.6) is 0 Å². The Bertz CT molecular complexity index is 909. The number of hydrogen-bond donors (Lipinski definition) is 3. The Hall–Kier alpha value is -2.38. The second-order valence-corrected chi connectivity index (χ2v) is 7.60. The van der Waals surface area contributed by atoms with E-state index in [-0.39, 0.29) is 18.6 Å². The minimum Gasteiger partial charge on any atom is -0.394 e. The second kappa shape index (κ2) is 9.21. The summed E-state index contributed by atoms with van der Waals surface area (Å²) in [5.41, 5.74) is 2.60. The van der Waals surface area contributed by atoms with Gasteiger partial charge in [-0.15, -0.1) is 0 Å². The lowest BCUT2D eigenvalue weighted by Crippen LogP contribution is -2.30. The van der Waals surface area contributed by atoms with Crippen LogP contribution in [0.4, 0.5) is 11.8 Å². The Morgan fingerprint density at radius 2 is 1.93 bits per heavy atom. The van der Waals surface area contributed by atoms with Crippen LogP contribution < -0.4 is 10.6 Å². The van der Waals surface area contributed by atoms with Crippen molar-refractivity contribution in [1.82, 2.24) is 19.5 Å². The molecular formula is C20H27ClN6O. The topological polar surface area (TPSA) is 87.9 Å². The van der Waals surface area contributed by atoms with Gasteiger partial charge in [0.15, 0.2) is 17.0 Å². The Morgan fingerprint density at radius 1 is 1.18 bits per heavy atom. The molecule has 0 saturated heterocycles. The summed E-state index contributed by atoms with van der Waals surface area (Å²) in [6.45, 7) is 7.66. The van der Waals surface area contributed by atoms with E-state index in [1.165, 1.54) is 0 Å². The summed E-state index contributed by atoms with van der Waals surface area (Å²) in [6, 6.07) is 7.56. The van der Waals surface area contributed by atoms with E-state index in [0.29, 0.717) is 23.3 Å². The lowest BCUT2D eigenvalue weighted by Gasteiger charge is -2.20. The fourth-order valence-electron chi connectivity index (χ4n) is 2.91. The summed E-state index contributed by atoms with van der Waals surface area (Å²) in [5.74, 6) is 1.39. The van der Waals surface area contributed by atoms with E-state index in [1.807, 2.05) is 42.7 Å². The lowest BCUT2D eigenvalue weighted by molar-refractivity contribution is 0.248. The number of fused-ring (bicyclic) bond motifs is 1. The zero-order chi connectivity index (χ0) is 20.1. The number of nitrogens with zero attached hydrogens (tertiary/aromatic N) is 4. The molecule has 0 saturated carbocycles. The number of aliphatic hydroxyl groups is 1. The first kappa shape index (κ1) is 20.4. The van der Waals surface area contributed by atoms with E-state index in [9.17, 15) is 5.11 Å². The van der Waals surface area contributed by atoms with Crippen molar-refractivity contribution in [2.45, 2.75) is 46.3 Å². The van der Waals surface area contributed by atoms with Gasteiger partial charge < -0.3 is 20.3 Å². The molecule has 0 radical (unpaired) electrons. The van der Waals surface area contributed by atoms with Gasteiger partial charge in [0.1, 0.15) is 0 Å². The third-order valence-electron chi connectivity index (χ3n) is 4.62. The number of aromatic nitrogens is 4. The Kier molecular flexibility index (Phi) is 6.70. The highest BCUT2D eigenvalue weighted by Gasteiger charge is 2.17. The van der Waals surface area contributed by atoms with E-state index in [2.05, 4.69) is 32.5 Å². The van der Waals surface area contributed by atoms with Crippen LogP contribution in [0, 0.1) is 5.92 Å². The number of anilines is 2. The van der Waals surface area contributed by atoms with Gasteiger partial charge in [0, 0.05) is 18.1 Å². The van der Waals surface area contributed by atoms with Gasteiger partial charge in [-0.05, 0) is 30.0 Å². The van der Waals surface area contributed by atoms with Crippen LogP contribution in [0.2, 0.25) is 5.02 Å². The number of rotatable bonds is 9. The monoisotopic (exact) mass is 402 g/mol. The van der Waals surface area contributed by atoms with Gasteiger partial charge >= 0.3 is 0 Å². The Morgan fingerprint density at radius 3 is 2.57 bits per heavy atom. The van der Waals surface area contributed by atoms with Crippen molar-refractivity contribution < 1.29 is 5.11 Å². The average Bonchev–Trinajstić information content (AvgIpc) is 3.08. The first-order valence-corrected chi connectivity index (χ1v) is 9.98. The molecule has 3 aromatic rings. The highest BCUT2D eigenvalue weighted by Crippen LogP contribution is 2.23. The van der Waals surface area contributed by atoms with Gasteiger partial charge in [0.2, 0.25) is 5.95 Å². The number of nitrogens with one attached hydrogen (secondary N) is 2. The molecular weight excluding hydrogens is 376 g/mol. The number of hydrogen-bond acceptors (Lipinski definition) is 6. The summed E-state index contributed by atoms with van der Waals surface area (Å²) in [5, 5.41) is 17.0. The van der Waals surface area contributed by atoms with Crippen LogP contribution >= 0.6 is 11.6 Å². The van der Waals surface area contributed by atoms with Gasteiger partial charge in [-0.1, -0.05) is 44.5 Å².